The van der Waals surface area contributed by atoms with E-state index in [1.165, 1.54) is 13.8 Å². The summed E-state index contributed by atoms with van der Waals surface area (Å²) in [6.07, 6.45) is 4.02. The number of nitrogens with zero attached hydrogens (tertiary/aromatic N) is 1. The van der Waals surface area contributed by atoms with E-state index in [9.17, 15) is 14.4 Å². The van der Waals surface area contributed by atoms with Crippen molar-refractivity contribution in [1.82, 2.24) is 0 Å². The zero-order valence-electron chi connectivity index (χ0n) is 16.5. The van der Waals surface area contributed by atoms with Gasteiger partial charge in [0, 0.05) is 19.3 Å². The third kappa shape index (κ3) is 2.78. The average Bonchev–Trinajstić information content (AvgIpc) is 3.38. The Kier molecular flexibility index (Phi) is 4.42. The molecule has 1 saturated heterocycles. The summed E-state index contributed by atoms with van der Waals surface area (Å²) in [5, 5.41) is 0. The minimum atomic E-state index is -0.487. The first-order chi connectivity index (χ1) is 13.3. The Balaban J connectivity index is 1.79. The lowest BCUT2D eigenvalue weighted by Crippen LogP contribution is -2.47. The standard InChI is InChI=1S/C22H25NO5/c1-14(24)23(16-9-5-4-6-10-16)20(26)17-13-21(3)11-7-8-12-22(21)19(28-22)18(17)27-15(2)25/h4-6,9-10,19H,7-8,11-13H2,1-3H3/t19-,21+,22-/m1/s1. The molecular formula is C22H25NO5. The molecule has 2 fully saturated rings. The molecule has 1 aromatic rings. The summed E-state index contributed by atoms with van der Waals surface area (Å²) in [4.78, 5) is 38.8. The third-order valence-electron chi connectivity index (χ3n) is 6.39. The Hall–Kier alpha value is -2.47. The minimum Gasteiger partial charge on any atom is -0.428 e. The van der Waals surface area contributed by atoms with Gasteiger partial charge >= 0.3 is 5.97 Å². The van der Waals surface area contributed by atoms with Crippen molar-refractivity contribution in [2.75, 3.05) is 4.90 Å². The number of anilines is 1. The maximum Gasteiger partial charge on any atom is 0.307 e. The monoisotopic (exact) mass is 383 g/mol. The summed E-state index contributed by atoms with van der Waals surface area (Å²) in [5.74, 6) is -1.02. The molecule has 3 atom stereocenters. The summed E-state index contributed by atoms with van der Waals surface area (Å²) in [6.45, 7) is 4.82. The van der Waals surface area contributed by atoms with Crippen LogP contribution in [-0.4, -0.2) is 29.5 Å². The van der Waals surface area contributed by atoms with Gasteiger partial charge in [-0.15, -0.1) is 0 Å². The lowest BCUT2D eigenvalue weighted by molar-refractivity contribution is -0.137. The molecule has 0 unspecified atom stereocenters. The van der Waals surface area contributed by atoms with Crippen molar-refractivity contribution in [1.29, 1.82) is 0 Å². The molecule has 148 valence electrons. The van der Waals surface area contributed by atoms with E-state index in [1.807, 2.05) is 6.07 Å². The fraction of sp³-hybridized carbons (Fsp3) is 0.500. The van der Waals surface area contributed by atoms with Gasteiger partial charge < -0.3 is 9.47 Å². The number of para-hydroxylation sites is 1. The highest BCUT2D eigenvalue weighted by atomic mass is 16.6. The minimum absolute atomic E-state index is 0.205. The molecule has 1 saturated carbocycles. The normalized spacial score (nSPS) is 30.8. The van der Waals surface area contributed by atoms with Crippen molar-refractivity contribution in [2.24, 2.45) is 5.41 Å². The number of rotatable bonds is 3. The molecular weight excluding hydrogens is 358 g/mol. The van der Waals surface area contributed by atoms with Gasteiger partial charge in [0.25, 0.3) is 5.91 Å². The lowest BCUT2D eigenvalue weighted by Gasteiger charge is -2.43. The topological polar surface area (TPSA) is 76.2 Å². The average molecular weight is 383 g/mol. The number of epoxide rings is 1. The highest BCUT2D eigenvalue weighted by Gasteiger charge is 2.72. The Labute approximate surface area is 164 Å². The van der Waals surface area contributed by atoms with Gasteiger partial charge in [0.05, 0.1) is 11.3 Å². The molecule has 0 bridgehead atoms. The number of benzene rings is 1. The SMILES string of the molecule is CC(=O)OC1=C(C(=O)N(C(C)=O)c2ccccc2)C[C@]2(C)CCCC[C@]23O[C@H]13. The van der Waals surface area contributed by atoms with Crippen molar-refractivity contribution in [3.05, 3.63) is 41.7 Å². The summed E-state index contributed by atoms with van der Waals surface area (Å²) < 4.78 is 11.6. The van der Waals surface area contributed by atoms with Gasteiger partial charge in [-0.25, -0.2) is 4.90 Å². The molecule has 6 nitrogen and oxygen atoms in total. The molecule has 0 radical (unpaired) electrons. The molecule has 0 N–H and O–H groups in total. The zero-order chi connectivity index (χ0) is 20.1. The first-order valence-electron chi connectivity index (χ1n) is 9.78. The smallest absolute Gasteiger partial charge is 0.307 e. The molecule has 1 aliphatic heterocycles. The number of hydrogen-bond donors (Lipinski definition) is 0. The second-order valence-corrected chi connectivity index (χ2v) is 8.26. The van der Waals surface area contributed by atoms with Crippen LogP contribution in [0.1, 0.15) is 52.9 Å². The molecule has 2 amide bonds. The number of hydrogen-bond acceptors (Lipinski definition) is 5. The van der Waals surface area contributed by atoms with Crippen molar-refractivity contribution >= 4 is 23.5 Å². The van der Waals surface area contributed by atoms with E-state index < -0.39 is 11.9 Å². The van der Waals surface area contributed by atoms with Crippen LogP contribution in [0.15, 0.2) is 41.7 Å². The quantitative estimate of drug-likeness (QED) is 0.590. The van der Waals surface area contributed by atoms with Gasteiger partial charge in [-0.05, 0) is 31.4 Å². The van der Waals surface area contributed by atoms with Gasteiger partial charge in [0.1, 0.15) is 17.5 Å². The summed E-state index contributed by atoms with van der Waals surface area (Å²) in [6, 6.07) is 8.81. The van der Waals surface area contributed by atoms with Gasteiger partial charge in [0.15, 0.2) is 0 Å². The predicted molar refractivity (Wildman–Crippen MR) is 102 cm³/mol. The van der Waals surface area contributed by atoms with Crippen LogP contribution in [0.3, 0.4) is 0 Å². The third-order valence-corrected chi connectivity index (χ3v) is 6.39. The van der Waals surface area contributed by atoms with Crippen LogP contribution in [0.5, 0.6) is 0 Å². The van der Waals surface area contributed by atoms with Crippen molar-refractivity contribution in [2.45, 2.75) is 64.6 Å². The maximum atomic E-state index is 13.5. The highest BCUT2D eigenvalue weighted by Crippen LogP contribution is 2.66. The van der Waals surface area contributed by atoms with E-state index in [1.54, 1.807) is 24.3 Å². The highest BCUT2D eigenvalue weighted by molar-refractivity contribution is 6.20. The molecule has 1 heterocycles. The molecule has 3 aliphatic rings. The Morgan fingerprint density at radius 2 is 1.79 bits per heavy atom. The van der Waals surface area contributed by atoms with Crippen LogP contribution < -0.4 is 4.90 Å². The Bertz CT molecular complexity index is 876. The van der Waals surface area contributed by atoms with Crippen LogP contribution in [-0.2, 0) is 23.9 Å². The largest absolute Gasteiger partial charge is 0.428 e. The Morgan fingerprint density at radius 1 is 1.11 bits per heavy atom. The van der Waals surface area contributed by atoms with Crippen LogP contribution in [0.4, 0.5) is 5.69 Å². The molecule has 6 heteroatoms. The van der Waals surface area contributed by atoms with E-state index >= 15 is 0 Å². The van der Waals surface area contributed by atoms with Crippen molar-refractivity contribution in [3.63, 3.8) is 0 Å². The summed E-state index contributed by atoms with van der Waals surface area (Å²) >= 11 is 0. The van der Waals surface area contributed by atoms with E-state index in [-0.39, 0.29) is 23.0 Å². The van der Waals surface area contributed by atoms with Crippen LogP contribution in [0.2, 0.25) is 0 Å². The summed E-state index contributed by atoms with van der Waals surface area (Å²) in [7, 11) is 0. The number of esters is 1. The van der Waals surface area contributed by atoms with Gasteiger partial charge in [-0.3, -0.25) is 14.4 Å². The number of ether oxygens (including phenoxy) is 2. The second-order valence-electron chi connectivity index (χ2n) is 8.26. The maximum absolute atomic E-state index is 13.5. The number of carbonyl (C=O) groups excluding carboxylic acids is 3. The van der Waals surface area contributed by atoms with Gasteiger partial charge in [-0.2, -0.15) is 0 Å². The first kappa shape index (κ1) is 18.9. The van der Waals surface area contributed by atoms with Gasteiger partial charge in [-0.1, -0.05) is 38.0 Å². The molecule has 4 rings (SSSR count). The lowest BCUT2D eigenvalue weighted by atomic mass is 9.60. The summed E-state index contributed by atoms with van der Waals surface area (Å²) in [5.41, 5.74) is 0.311. The van der Waals surface area contributed by atoms with E-state index in [2.05, 4.69) is 6.92 Å². The first-order valence-corrected chi connectivity index (χ1v) is 9.78. The van der Waals surface area contributed by atoms with Crippen LogP contribution in [0.25, 0.3) is 0 Å². The van der Waals surface area contributed by atoms with Crippen molar-refractivity contribution in [3.8, 4) is 0 Å². The fourth-order valence-electron chi connectivity index (χ4n) is 4.99. The molecule has 2 aliphatic carbocycles. The molecule has 1 aromatic carbocycles. The van der Waals surface area contributed by atoms with Gasteiger partial charge in [0.2, 0.25) is 5.91 Å². The number of carbonyl (C=O) groups is 3. The number of amides is 2. The predicted octanol–water partition coefficient (Wildman–Crippen LogP) is 3.50. The fourth-order valence-corrected chi connectivity index (χ4v) is 4.99. The van der Waals surface area contributed by atoms with Crippen LogP contribution in [0, 0.1) is 5.41 Å². The Morgan fingerprint density at radius 3 is 2.43 bits per heavy atom. The second kappa shape index (κ2) is 6.55. The molecule has 0 aromatic heterocycles. The van der Waals surface area contributed by atoms with Crippen LogP contribution >= 0.6 is 0 Å². The molecule has 28 heavy (non-hydrogen) atoms. The van der Waals surface area contributed by atoms with E-state index in [0.29, 0.717) is 23.4 Å². The molecule has 1 spiro atoms. The van der Waals surface area contributed by atoms with E-state index in [4.69, 9.17) is 9.47 Å². The van der Waals surface area contributed by atoms with Crippen molar-refractivity contribution < 1.29 is 23.9 Å². The zero-order valence-corrected chi connectivity index (χ0v) is 16.5. The van der Waals surface area contributed by atoms with E-state index in [0.717, 1.165) is 30.6 Å². The number of imide groups is 1.